The Morgan fingerprint density at radius 3 is 2.44 bits per heavy atom. The highest BCUT2D eigenvalue weighted by molar-refractivity contribution is 5.77. The fraction of sp³-hybridized carbons (Fsp3) is 0.923. The maximum atomic E-state index is 12.3. The summed E-state index contributed by atoms with van der Waals surface area (Å²) in [5.74, 6) is 0.0612. The lowest BCUT2D eigenvalue weighted by atomic mass is 9.98. The number of carbonyl (C=O) groups excluding carboxylic acids is 1. The fourth-order valence-corrected chi connectivity index (χ4v) is 2.42. The molecule has 106 valence electrons. The minimum absolute atomic E-state index is 0.0169. The average Bonchev–Trinajstić information content (AvgIpc) is 2.25. The first-order valence-corrected chi connectivity index (χ1v) is 6.71. The molecule has 0 atom stereocenters. The van der Waals surface area contributed by atoms with E-state index in [4.69, 9.17) is 10.8 Å². The third-order valence-corrected chi connectivity index (χ3v) is 3.40. The number of rotatable bonds is 5. The van der Waals surface area contributed by atoms with Crippen LogP contribution in [-0.4, -0.2) is 65.7 Å². The van der Waals surface area contributed by atoms with Crippen molar-refractivity contribution in [3.8, 4) is 0 Å². The van der Waals surface area contributed by atoms with Crippen molar-refractivity contribution in [2.75, 3.05) is 33.3 Å². The smallest absolute Gasteiger partial charge is 0.224 e. The number of hydrogen-bond acceptors (Lipinski definition) is 4. The van der Waals surface area contributed by atoms with Crippen LogP contribution in [0, 0.1) is 0 Å². The van der Waals surface area contributed by atoms with Crippen LogP contribution in [-0.2, 0) is 4.79 Å². The van der Waals surface area contributed by atoms with Gasteiger partial charge in [-0.2, -0.15) is 0 Å². The molecule has 0 aromatic carbocycles. The summed E-state index contributed by atoms with van der Waals surface area (Å²) in [6.07, 6.45) is 2.29. The summed E-state index contributed by atoms with van der Waals surface area (Å²) in [6, 6.07) is 0.253. The van der Waals surface area contributed by atoms with Crippen LogP contribution in [0.2, 0.25) is 0 Å². The highest BCUT2D eigenvalue weighted by atomic mass is 16.3. The molecule has 1 heterocycles. The zero-order valence-electron chi connectivity index (χ0n) is 11.9. The topological polar surface area (TPSA) is 69.8 Å². The molecule has 1 saturated heterocycles. The van der Waals surface area contributed by atoms with E-state index in [0.717, 1.165) is 25.9 Å². The summed E-state index contributed by atoms with van der Waals surface area (Å²) in [4.78, 5) is 16.3. The third-order valence-electron chi connectivity index (χ3n) is 3.40. The molecular formula is C13H27N3O2. The monoisotopic (exact) mass is 257 g/mol. The maximum absolute atomic E-state index is 12.3. The number of hydrogen-bond donors (Lipinski definition) is 2. The lowest BCUT2D eigenvalue weighted by Crippen LogP contribution is -2.50. The summed E-state index contributed by atoms with van der Waals surface area (Å²) < 4.78 is 0. The standard InChI is InChI=1S/C13H27N3O2/c1-13(2,14)10-12(18)16(8-9-17)11-4-6-15(3)7-5-11/h11,17H,4-10,14H2,1-3H3. The van der Waals surface area contributed by atoms with E-state index < -0.39 is 5.54 Å². The lowest BCUT2D eigenvalue weighted by Gasteiger charge is -2.38. The van der Waals surface area contributed by atoms with Crippen LogP contribution in [0.25, 0.3) is 0 Å². The van der Waals surface area contributed by atoms with Gasteiger partial charge in [0.15, 0.2) is 0 Å². The van der Waals surface area contributed by atoms with Crippen molar-refractivity contribution in [1.29, 1.82) is 0 Å². The highest BCUT2D eigenvalue weighted by Crippen LogP contribution is 2.18. The zero-order valence-corrected chi connectivity index (χ0v) is 11.9. The number of likely N-dealkylation sites (tertiary alicyclic amines) is 1. The molecule has 1 aliphatic rings. The molecule has 0 aromatic heterocycles. The second-order valence-electron chi connectivity index (χ2n) is 6.01. The summed E-state index contributed by atoms with van der Waals surface area (Å²) in [5.41, 5.74) is 5.41. The number of amides is 1. The number of nitrogens with two attached hydrogens (primary N) is 1. The van der Waals surface area contributed by atoms with Crippen LogP contribution >= 0.6 is 0 Å². The number of carbonyl (C=O) groups is 1. The maximum Gasteiger partial charge on any atom is 0.224 e. The van der Waals surface area contributed by atoms with E-state index in [-0.39, 0.29) is 18.6 Å². The van der Waals surface area contributed by atoms with E-state index in [1.54, 1.807) is 0 Å². The molecule has 0 aromatic rings. The number of aliphatic hydroxyl groups excluding tert-OH is 1. The fourth-order valence-electron chi connectivity index (χ4n) is 2.42. The molecular weight excluding hydrogens is 230 g/mol. The van der Waals surface area contributed by atoms with E-state index in [2.05, 4.69) is 11.9 Å². The zero-order chi connectivity index (χ0) is 13.8. The van der Waals surface area contributed by atoms with Gasteiger partial charge >= 0.3 is 0 Å². The molecule has 5 heteroatoms. The molecule has 5 nitrogen and oxygen atoms in total. The van der Waals surface area contributed by atoms with Crippen LogP contribution < -0.4 is 5.73 Å². The van der Waals surface area contributed by atoms with Crippen LogP contribution in [0.5, 0.6) is 0 Å². The van der Waals surface area contributed by atoms with Crippen molar-refractivity contribution >= 4 is 5.91 Å². The van der Waals surface area contributed by atoms with Gasteiger partial charge in [-0.1, -0.05) is 0 Å². The Hall–Kier alpha value is -0.650. The largest absolute Gasteiger partial charge is 0.395 e. The molecule has 0 spiro atoms. The van der Waals surface area contributed by atoms with Gasteiger partial charge < -0.3 is 20.6 Å². The van der Waals surface area contributed by atoms with E-state index in [1.165, 1.54) is 0 Å². The van der Waals surface area contributed by atoms with Crippen LogP contribution in [0.1, 0.15) is 33.1 Å². The molecule has 0 aliphatic carbocycles. The number of nitrogens with zero attached hydrogens (tertiary/aromatic N) is 2. The van der Waals surface area contributed by atoms with Crippen molar-refractivity contribution in [1.82, 2.24) is 9.80 Å². The quantitative estimate of drug-likeness (QED) is 0.729. The molecule has 3 N–H and O–H groups in total. The predicted octanol–water partition coefficient (Wildman–Crippen LogP) is 0.0289. The van der Waals surface area contributed by atoms with E-state index in [1.807, 2.05) is 18.7 Å². The number of piperidine rings is 1. The summed E-state index contributed by atoms with van der Waals surface area (Å²) >= 11 is 0. The minimum Gasteiger partial charge on any atom is -0.395 e. The van der Waals surface area contributed by atoms with Gasteiger partial charge in [-0.3, -0.25) is 4.79 Å². The molecule has 0 radical (unpaired) electrons. The van der Waals surface area contributed by atoms with Crippen LogP contribution in [0.15, 0.2) is 0 Å². The van der Waals surface area contributed by atoms with Gasteiger partial charge in [-0.05, 0) is 46.8 Å². The Bertz CT molecular complexity index is 268. The van der Waals surface area contributed by atoms with Crippen LogP contribution in [0.4, 0.5) is 0 Å². The normalized spacial score (nSPS) is 18.9. The molecule has 1 rings (SSSR count). The van der Waals surface area contributed by atoms with E-state index in [0.29, 0.717) is 13.0 Å². The molecule has 1 fully saturated rings. The molecule has 1 amide bonds. The molecule has 1 aliphatic heterocycles. The Labute approximate surface area is 110 Å². The van der Waals surface area contributed by atoms with Crippen LogP contribution in [0.3, 0.4) is 0 Å². The van der Waals surface area contributed by atoms with Crippen molar-refractivity contribution in [3.05, 3.63) is 0 Å². The summed E-state index contributed by atoms with van der Waals surface area (Å²) in [7, 11) is 2.09. The van der Waals surface area contributed by atoms with Gasteiger partial charge in [0, 0.05) is 24.5 Å². The summed E-state index contributed by atoms with van der Waals surface area (Å²) in [6.45, 7) is 6.16. The molecule has 0 bridgehead atoms. The van der Waals surface area contributed by atoms with Gasteiger partial charge in [-0.15, -0.1) is 0 Å². The Morgan fingerprint density at radius 1 is 1.44 bits per heavy atom. The Kier molecular flexibility index (Phi) is 5.56. The first kappa shape index (κ1) is 15.4. The minimum atomic E-state index is -0.490. The van der Waals surface area contributed by atoms with Gasteiger partial charge in [-0.25, -0.2) is 0 Å². The predicted molar refractivity (Wildman–Crippen MR) is 72.2 cm³/mol. The Balaban J connectivity index is 2.61. The van der Waals surface area contributed by atoms with Crippen molar-refractivity contribution in [2.24, 2.45) is 5.73 Å². The van der Waals surface area contributed by atoms with E-state index >= 15 is 0 Å². The highest BCUT2D eigenvalue weighted by Gasteiger charge is 2.28. The summed E-state index contributed by atoms with van der Waals surface area (Å²) in [5, 5.41) is 9.13. The van der Waals surface area contributed by atoms with Crippen molar-refractivity contribution in [2.45, 2.75) is 44.7 Å². The van der Waals surface area contributed by atoms with Gasteiger partial charge in [0.2, 0.25) is 5.91 Å². The Morgan fingerprint density at radius 2 is 2.00 bits per heavy atom. The molecule has 0 saturated carbocycles. The first-order chi connectivity index (χ1) is 8.33. The molecule has 0 unspecified atom stereocenters. The second kappa shape index (κ2) is 6.50. The van der Waals surface area contributed by atoms with E-state index in [9.17, 15) is 4.79 Å². The number of aliphatic hydroxyl groups is 1. The van der Waals surface area contributed by atoms with Gasteiger partial charge in [0.1, 0.15) is 0 Å². The SMILES string of the molecule is CN1CCC(N(CCO)C(=O)CC(C)(C)N)CC1. The third kappa shape index (κ3) is 4.92. The molecule has 18 heavy (non-hydrogen) atoms. The van der Waals surface area contributed by atoms with Crippen molar-refractivity contribution < 1.29 is 9.90 Å². The van der Waals surface area contributed by atoms with Gasteiger partial charge in [0.05, 0.1) is 6.61 Å². The average molecular weight is 257 g/mol. The first-order valence-electron chi connectivity index (χ1n) is 6.71. The van der Waals surface area contributed by atoms with Crippen molar-refractivity contribution in [3.63, 3.8) is 0 Å². The van der Waals surface area contributed by atoms with Gasteiger partial charge in [0.25, 0.3) is 0 Å². The second-order valence-corrected chi connectivity index (χ2v) is 6.01. The lowest BCUT2D eigenvalue weighted by molar-refractivity contribution is -0.136.